The molecule has 2 aliphatic rings. The van der Waals surface area contributed by atoms with Gasteiger partial charge in [-0.05, 0) is 36.6 Å². The number of nitrogens with zero attached hydrogens (tertiary/aromatic N) is 2. The minimum Gasteiger partial charge on any atom is -0.348 e. The monoisotopic (exact) mass is 401 g/mol. The molecule has 6 heteroatoms. The molecular weight excluding hydrogens is 381 g/mol. The van der Waals surface area contributed by atoms with E-state index in [1.807, 2.05) is 29.3 Å². The third-order valence-corrected chi connectivity index (χ3v) is 5.74. The van der Waals surface area contributed by atoms with Crippen molar-refractivity contribution in [1.29, 1.82) is 0 Å². The molecular formula is C21H21Cl2N3O. The molecule has 0 saturated heterocycles. The highest BCUT2D eigenvalue weighted by Gasteiger charge is 2.34. The fourth-order valence-electron chi connectivity index (χ4n) is 3.81. The molecule has 0 spiro atoms. The zero-order chi connectivity index (χ0) is 18.8. The van der Waals surface area contributed by atoms with Crippen LogP contribution in [-0.4, -0.2) is 17.7 Å². The van der Waals surface area contributed by atoms with E-state index in [0.717, 1.165) is 24.1 Å². The van der Waals surface area contributed by atoms with E-state index in [0.29, 0.717) is 22.2 Å². The highest BCUT2D eigenvalue weighted by atomic mass is 35.5. The van der Waals surface area contributed by atoms with Gasteiger partial charge in [0.05, 0.1) is 16.8 Å². The van der Waals surface area contributed by atoms with Crippen molar-refractivity contribution in [2.75, 3.05) is 5.01 Å². The van der Waals surface area contributed by atoms with Crippen LogP contribution in [0.5, 0.6) is 0 Å². The Morgan fingerprint density at radius 3 is 2.52 bits per heavy atom. The van der Waals surface area contributed by atoms with Crippen LogP contribution in [0.3, 0.4) is 0 Å². The summed E-state index contributed by atoms with van der Waals surface area (Å²) in [5, 5.41) is 10.7. The summed E-state index contributed by atoms with van der Waals surface area (Å²) >= 11 is 12.5. The van der Waals surface area contributed by atoms with Gasteiger partial charge < -0.3 is 5.32 Å². The van der Waals surface area contributed by atoms with E-state index in [1.54, 1.807) is 12.1 Å². The van der Waals surface area contributed by atoms with Gasteiger partial charge in [-0.25, -0.2) is 0 Å². The van der Waals surface area contributed by atoms with Gasteiger partial charge >= 0.3 is 0 Å². The first-order chi connectivity index (χ1) is 13.1. The molecule has 1 atom stereocenters. The molecule has 1 fully saturated rings. The van der Waals surface area contributed by atoms with Crippen LogP contribution in [0.25, 0.3) is 0 Å². The molecule has 1 aliphatic carbocycles. The fraction of sp³-hybridized carbons (Fsp3) is 0.333. The Morgan fingerprint density at radius 2 is 1.81 bits per heavy atom. The molecule has 1 heterocycles. The zero-order valence-corrected chi connectivity index (χ0v) is 16.4. The zero-order valence-electron chi connectivity index (χ0n) is 14.9. The van der Waals surface area contributed by atoms with Gasteiger partial charge in [0.15, 0.2) is 0 Å². The van der Waals surface area contributed by atoms with E-state index in [4.69, 9.17) is 23.2 Å². The van der Waals surface area contributed by atoms with E-state index < -0.39 is 0 Å². The maximum Gasteiger partial charge on any atom is 0.267 e. The van der Waals surface area contributed by atoms with Gasteiger partial charge in [0.1, 0.15) is 5.71 Å². The van der Waals surface area contributed by atoms with Crippen molar-refractivity contribution in [2.24, 2.45) is 5.10 Å². The lowest BCUT2D eigenvalue weighted by molar-refractivity contribution is -0.115. The van der Waals surface area contributed by atoms with Gasteiger partial charge in [-0.3, -0.25) is 9.80 Å². The van der Waals surface area contributed by atoms with Crippen molar-refractivity contribution in [3.05, 3.63) is 64.1 Å². The topological polar surface area (TPSA) is 44.7 Å². The summed E-state index contributed by atoms with van der Waals surface area (Å²) in [6, 6.07) is 15.6. The minimum absolute atomic E-state index is 0.0737. The number of hydrogen-bond donors (Lipinski definition) is 1. The van der Waals surface area contributed by atoms with Crippen LogP contribution in [0.15, 0.2) is 53.6 Å². The first-order valence-corrected chi connectivity index (χ1v) is 10.0. The summed E-state index contributed by atoms with van der Waals surface area (Å²) in [5.74, 6) is -0.0737. The summed E-state index contributed by atoms with van der Waals surface area (Å²) in [6.45, 7) is 0. The number of amides is 1. The van der Waals surface area contributed by atoms with Crippen molar-refractivity contribution >= 4 is 40.5 Å². The maximum atomic E-state index is 12.8. The largest absolute Gasteiger partial charge is 0.348 e. The van der Waals surface area contributed by atoms with Gasteiger partial charge in [0.25, 0.3) is 5.91 Å². The SMILES string of the molecule is O=C(NC1CCCC1)C1=NN(c2ccc(Cl)cc2Cl)C(c2ccccc2)C1. The molecule has 1 unspecified atom stereocenters. The van der Waals surface area contributed by atoms with Crippen LogP contribution in [0.2, 0.25) is 10.0 Å². The van der Waals surface area contributed by atoms with E-state index in [9.17, 15) is 4.79 Å². The van der Waals surface area contributed by atoms with Crippen molar-refractivity contribution in [3.63, 3.8) is 0 Å². The molecule has 0 aromatic heterocycles. The first-order valence-electron chi connectivity index (χ1n) is 9.29. The second-order valence-electron chi connectivity index (χ2n) is 7.07. The Kier molecular flexibility index (Phi) is 5.37. The molecule has 2 aromatic carbocycles. The molecule has 27 heavy (non-hydrogen) atoms. The van der Waals surface area contributed by atoms with Crippen LogP contribution in [0, 0.1) is 0 Å². The Balaban J connectivity index is 1.64. The molecule has 1 saturated carbocycles. The van der Waals surface area contributed by atoms with E-state index in [-0.39, 0.29) is 18.0 Å². The number of anilines is 1. The third-order valence-electron chi connectivity index (χ3n) is 5.20. The summed E-state index contributed by atoms with van der Waals surface area (Å²) in [6.07, 6.45) is 5.00. The first kappa shape index (κ1) is 18.3. The molecule has 0 bridgehead atoms. The number of hydrazone groups is 1. The maximum absolute atomic E-state index is 12.8. The molecule has 4 nitrogen and oxygen atoms in total. The number of nitrogens with one attached hydrogen (secondary N) is 1. The predicted molar refractivity (Wildman–Crippen MR) is 111 cm³/mol. The van der Waals surface area contributed by atoms with Gasteiger partial charge in [-0.1, -0.05) is 66.4 Å². The lowest BCUT2D eigenvalue weighted by Gasteiger charge is -2.24. The van der Waals surface area contributed by atoms with Crippen molar-refractivity contribution < 1.29 is 4.79 Å². The fourth-order valence-corrected chi connectivity index (χ4v) is 4.31. The highest BCUT2D eigenvalue weighted by molar-refractivity contribution is 6.40. The van der Waals surface area contributed by atoms with Crippen LogP contribution in [0.1, 0.15) is 43.7 Å². The van der Waals surface area contributed by atoms with Crippen molar-refractivity contribution in [3.8, 4) is 0 Å². The van der Waals surface area contributed by atoms with Crippen LogP contribution in [0.4, 0.5) is 5.69 Å². The highest BCUT2D eigenvalue weighted by Crippen LogP contribution is 2.39. The minimum atomic E-state index is -0.0748. The lowest BCUT2D eigenvalue weighted by atomic mass is 10.0. The van der Waals surface area contributed by atoms with Crippen LogP contribution in [-0.2, 0) is 4.79 Å². The Labute approximate surface area is 169 Å². The summed E-state index contributed by atoms with van der Waals surface area (Å²) in [5.41, 5.74) is 2.39. The van der Waals surface area contributed by atoms with Crippen LogP contribution < -0.4 is 10.3 Å². The lowest BCUT2D eigenvalue weighted by Crippen LogP contribution is -2.37. The molecule has 140 valence electrons. The van der Waals surface area contributed by atoms with Crippen LogP contribution >= 0.6 is 23.2 Å². The quantitative estimate of drug-likeness (QED) is 0.748. The number of carbonyl (C=O) groups excluding carboxylic acids is 1. The molecule has 1 aliphatic heterocycles. The summed E-state index contributed by atoms with van der Waals surface area (Å²) in [4.78, 5) is 12.8. The average molecular weight is 402 g/mol. The summed E-state index contributed by atoms with van der Waals surface area (Å²) in [7, 11) is 0. The van der Waals surface area contributed by atoms with E-state index in [2.05, 4.69) is 22.6 Å². The van der Waals surface area contributed by atoms with Gasteiger partial charge in [-0.15, -0.1) is 0 Å². The second-order valence-corrected chi connectivity index (χ2v) is 7.92. The van der Waals surface area contributed by atoms with Gasteiger partial charge in [0, 0.05) is 17.5 Å². The smallest absolute Gasteiger partial charge is 0.267 e. The number of halogens is 2. The Hall–Kier alpha value is -2.04. The van der Waals surface area contributed by atoms with Gasteiger partial charge in [0.2, 0.25) is 0 Å². The Bertz CT molecular complexity index is 863. The third kappa shape index (κ3) is 3.97. The summed E-state index contributed by atoms with van der Waals surface area (Å²) < 4.78 is 0. The van der Waals surface area contributed by atoms with Crippen molar-refractivity contribution in [2.45, 2.75) is 44.2 Å². The predicted octanol–water partition coefficient (Wildman–Crippen LogP) is 5.36. The average Bonchev–Trinajstić information content (AvgIpc) is 3.32. The van der Waals surface area contributed by atoms with Gasteiger partial charge in [-0.2, -0.15) is 5.10 Å². The van der Waals surface area contributed by atoms with E-state index >= 15 is 0 Å². The normalized spacial score (nSPS) is 20.0. The molecule has 1 N–H and O–H groups in total. The van der Waals surface area contributed by atoms with E-state index in [1.165, 1.54) is 12.8 Å². The molecule has 2 aromatic rings. The van der Waals surface area contributed by atoms with Crippen molar-refractivity contribution in [1.82, 2.24) is 5.32 Å². The molecule has 1 amide bonds. The second kappa shape index (κ2) is 7.91. The number of benzene rings is 2. The number of rotatable bonds is 4. The Morgan fingerprint density at radius 1 is 1.07 bits per heavy atom. The number of hydrogen-bond acceptors (Lipinski definition) is 3. The standard InChI is InChI=1S/C21H21Cl2N3O/c22-15-10-11-19(17(23)12-15)26-20(14-6-2-1-3-7-14)13-18(25-26)21(27)24-16-8-4-5-9-16/h1-3,6-7,10-12,16,20H,4-5,8-9,13H2,(H,24,27). The molecule has 0 radical (unpaired) electrons. The number of carbonyl (C=O) groups is 1. The molecule has 4 rings (SSSR count).